The van der Waals surface area contributed by atoms with Crippen molar-refractivity contribution in [3.05, 3.63) is 12.2 Å². The van der Waals surface area contributed by atoms with Crippen molar-refractivity contribution in [3.8, 4) is 0 Å². The van der Waals surface area contributed by atoms with Gasteiger partial charge in [0.05, 0.1) is 34.2 Å². The minimum Gasteiger partial charge on any atom is -0.481 e. The van der Waals surface area contributed by atoms with Gasteiger partial charge in [0.25, 0.3) is 0 Å². The second kappa shape index (κ2) is 6.58. The molecule has 4 nitrogen and oxygen atoms in total. The van der Waals surface area contributed by atoms with E-state index in [-0.39, 0.29) is 12.5 Å². The maximum Gasteiger partial charge on any atom is 0.306 e. The molecule has 0 fully saturated rings. The van der Waals surface area contributed by atoms with Gasteiger partial charge in [0, 0.05) is 0 Å². The summed E-state index contributed by atoms with van der Waals surface area (Å²) in [5.74, 6) is -0.811. The SMILES string of the molecule is C/C=C/CO[C@H](CC(=O)O)C[N+](C)(C)C. The van der Waals surface area contributed by atoms with Crippen LogP contribution < -0.4 is 0 Å². The van der Waals surface area contributed by atoms with Crippen LogP contribution in [0.1, 0.15) is 13.3 Å². The fourth-order valence-electron chi connectivity index (χ4n) is 1.27. The van der Waals surface area contributed by atoms with Gasteiger partial charge in [-0.3, -0.25) is 4.79 Å². The number of ether oxygens (including phenoxy) is 1. The Morgan fingerprint density at radius 1 is 1.47 bits per heavy atom. The molecule has 0 radical (unpaired) electrons. The van der Waals surface area contributed by atoms with E-state index in [0.29, 0.717) is 17.6 Å². The summed E-state index contributed by atoms with van der Waals surface area (Å²) in [6.45, 7) is 3.09. The summed E-state index contributed by atoms with van der Waals surface area (Å²) >= 11 is 0. The number of rotatable bonds is 7. The fraction of sp³-hybridized carbons (Fsp3) is 0.727. The second-order valence-corrected chi connectivity index (χ2v) is 4.60. The van der Waals surface area contributed by atoms with E-state index >= 15 is 0 Å². The summed E-state index contributed by atoms with van der Waals surface area (Å²) in [7, 11) is 6.07. The number of carboxylic acid groups (broad SMARTS) is 1. The third-order valence-electron chi connectivity index (χ3n) is 1.82. The highest BCUT2D eigenvalue weighted by Gasteiger charge is 2.21. The molecule has 0 heterocycles. The largest absolute Gasteiger partial charge is 0.481 e. The van der Waals surface area contributed by atoms with Crippen LogP contribution in [0.2, 0.25) is 0 Å². The summed E-state index contributed by atoms with van der Waals surface area (Å²) in [5.41, 5.74) is 0. The quantitative estimate of drug-likeness (QED) is 0.512. The summed E-state index contributed by atoms with van der Waals surface area (Å²) in [6, 6.07) is 0. The maximum atomic E-state index is 10.6. The lowest BCUT2D eigenvalue weighted by atomic mass is 10.2. The molecule has 0 unspecified atom stereocenters. The Morgan fingerprint density at radius 2 is 2.07 bits per heavy atom. The van der Waals surface area contributed by atoms with Crippen molar-refractivity contribution in [2.75, 3.05) is 34.3 Å². The molecule has 88 valence electrons. The highest BCUT2D eigenvalue weighted by atomic mass is 16.5. The normalized spacial score (nSPS) is 14.4. The van der Waals surface area contributed by atoms with Crippen LogP contribution in [0, 0.1) is 0 Å². The van der Waals surface area contributed by atoms with E-state index < -0.39 is 5.97 Å². The van der Waals surface area contributed by atoms with Gasteiger partial charge in [0.2, 0.25) is 0 Å². The Hall–Kier alpha value is -0.870. The van der Waals surface area contributed by atoms with Crippen LogP contribution in [-0.2, 0) is 9.53 Å². The zero-order chi connectivity index (χ0) is 11.9. The van der Waals surface area contributed by atoms with Crippen LogP contribution >= 0.6 is 0 Å². The molecule has 0 aromatic heterocycles. The minimum absolute atomic E-state index is 0.0626. The Bertz CT molecular complexity index is 218. The van der Waals surface area contributed by atoms with Crippen LogP contribution in [-0.4, -0.2) is 56.0 Å². The average Bonchev–Trinajstić information content (AvgIpc) is 2.00. The van der Waals surface area contributed by atoms with Gasteiger partial charge < -0.3 is 14.3 Å². The van der Waals surface area contributed by atoms with Gasteiger partial charge in [-0.05, 0) is 6.92 Å². The molecule has 1 atom stereocenters. The smallest absolute Gasteiger partial charge is 0.306 e. The van der Waals surface area contributed by atoms with Crippen molar-refractivity contribution in [1.82, 2.24) is 0 Å². The Balaban J connectivity index is 4.12. The topological polar surface area (TPSA) is 46.5 Å². The molecule has 0 aromatic carbocycles. The first kappa shape index (κ1) is 14.1. The van der Waals surface area contributed by atoms with Crippen LogP contribution in [0.4, 0.5) is 0 Å². The van der Waals surface area contributed by atoms with Crippen molar-refractivity contribution in [1.29, 1.82) is 0 Å². The van der Waals surface area contributed by atoms with E-state index in [9.17, 15) is 4.79 Å². The number of hydrogen-bond donors (Lipinski definition) is 1. The highest BCUT2D eigenvalue weighted by Crippen LogP contribution is 2.04. The third-order valence-corrected chi connectivity index (χ3v) is 1.82. The van der Waals surface area contributed by atoms with Crippen molar-refractivity contribution in [2.24, 2.45) is 0 Å². The minimum atomic E-state index is -0.811. The molecule has 0 rings (SSSR count). The number of likely N-dealkylation sites (N-methyl/N-ethyl adjacent to an activating group) is 1. The molecule has 0 saturated carbocycles. The first-order valence-electron chi connectivity index (χ1n) is 5.10. The van der Waals surface area contributed by atoms with Crippen LogP contribution in [0.3, 0.4) is 0 Å². The van der Waals surface area contributed by atoms with Gasteiger partial charge in [-0.1, -0.05) is 12.2 Å². The van der Waals surface area contributed by atoms with Gasteiger partial charge in [0.15, 0.2) is 0 Å². The van der Waals surface area contributed by atoms with E-state index in [1.54, 1.807) is 0 Å². The molecule has 0 aliphatic rings. The number of hydrogen-bond acceptors (Lipinski definition) is 2. The summed E-state index contributed by atoms with van der Waals surface area (Å²) in [5, 5.41) is 8.73. The monoisotopic (exact) mass is 216 g/mol. The number of carboxylic acids is 1. The molecule has 0 aromatic rings. The molecule has 4 heteroatoms. The Kier molecular flexibility index (Phi) is 6.20. The van der Waals surface area contributed by atoms with E-state index in [1.807, 2.05) is 40.2 Å². The molecule has 0 aliphatic heterocycles. The first-order valence-corrected chi connectivity index (χ1v) is 5.10. The molecule has 1 N–H and O–H groups in total. The number of carbonyl (C=O) groups is 1. The van der Waals surface area contributed by atoms with Crippen molar-refractivity contribution >= 4 is 5.97 Å². The highest BCUT2D eigenvalue weighted by molar-refractivity contribution is 5.67. The zero-order valence-electron chi connectivity index (χ0n) is 10.1. The number of quaternary nitrogens is 1. The summed E-state index contributed by atoms with van der Waals surface area (Å²) < 4.78 is 6.19. The zero-order valence-corrected chi connectivity index (χ0v) is 10.1. The number of allylic oxidation sites excluding steroid dienone is 1. The van der Waals surface area contributed by atoms with Gasteiger partial charge in [0.1, 0.15) is 12.6 Å². The molecule has 0 amide bonds. The molecule has 0 spiro atoms. The molecule has 0 saturated heterocycles. The lowest BCUT2D eigenvalue weighted by Gasteiger charge is -2.28. The lowest BCUT2D eigenvalue weighted by molar-refractivity contribution is -0.873. The summed E-state index contributed by atoms with van der Waals surface area (Å²) in [6.07, 6.45) is 3.61. The molecule has 0 bridgehead atoms. The predicted octanol–water partition coefficient (Wildman–Crippen LogP) is 1.13. The second-order valence-electron chi connectivity index (χ2n) is 4.60. The van der Waals surface area contributed by atoms with E-state index in [2.05, 4.69) is 0 Å². The first-order chi connectivity index (χ1) is 6.85. The standard InChI is InChI=1S/C11H21NO3/c1-5-6-7-15-10(8-11(13)14)9-12(2,3)4/h5-6,10H,7-9H2,1-4H3/p+1/b6-5+/t10-/m1/s1. The molecule has 15 heavy (non-hydrogen) atoms. The van der Waals surface area contributed by atoms with Crippen molar-refractivity contribution < 1.29 is 19.1 Å². The van der Waals surface area contributed by atoms with Crippen LogP contribution in [0.25, 0.3) is 0 Å². The van der Waals surface area contributed by atoms with Gasteiger partial charge in [-0.15, -0.1) is 0 Å². The fourth-order valence-corrected chi connectivity index (χ4v) is 1.27. The van der Waals surface area contributed by atoms with Crippen molar-refractivity contribution in [2.45, 2.75) is 19.4 Å². The Labute approximate surface area is 91.7 Å². The maximum absolute atomic E-state index is 10.6. The summed E-state index contributed by atoms with van der Waals surface area (Å²) in [4.78, 5) is 10.6. The van der Waals surface area contributed by atoms with Gasteiger partial charge >= 0.3 is 5.97 Å². The average molecular weight is 216 g/mol. The van der Waals surface area contributed by atoms with Gasteiger partial charge in [-0.25, -0.2) is 0 Å². The van der Waals surface area contributed by atoms with Crippen molar-refractivity contribution in [3.63, 3.8) is 0 Å². The number of nitrogens with zero attached hydrogens (tertiary/aromatic N) is 1. The number of aliphatic carboxylic acids is 1. The van der Waals surface area contributed by atoms with E-state index in [1.165, 1.54) is 0 Å². The van der Waals surface area contributed by atoms with E-state index in [4.69, 9.17) is 9.84 Å². The van der Waals surface area contributed by atoms with Crippen LogP contribution in [0.5, 0.6) is 0 Å². The molecular formula is C11H22NO3+. The lowest BCUT2D eigenvalue weighted by Crippen LogP contribution is -2.43. The molecule has 0 aliphatic carbocycles. The van der Waals surface area contributed by atoms with Gasteiger partial charge in [-0.2, -0.15) is 0 Å². The van der Waals surface area contributed by atoms with Crippen LogP contribution in [0.15, 0.2) is 12.2 Å². The predicted molar refractivity (Wildman–Crippen MR) is 59.7 cm³/mol. The molecular weight excluding hydrogens is 194 g/mol. The third kappa shape index (κ3) is 9.43. The van der Waals surface area contributed by atoms with E-state index in [0.717, 1.165) is 0 Å². The Morgan fingerprint density at radius 3 is 2.47 bits per heavy atom.